The molecule has 1 unspecified atom stereocenters. The smallest absolute Gasteiger partial charge is 0.108 e. The first-order chi connectivity index (χ1) is 5.77. The molecule has 0 aliphatic heterocycles. The lowest BCUT2D eigenvalue weighted by atomic mass is 10.1. The molecule has 0 aromatic carbocycles. The molecule has 0 saturated heterocycles. The Balaban J connectivity index is 2.56. The highest BCUT2D eigenvalue weighted by molar-refractivity contribution is 9.09. The molecule has 3 heteroatoms. The van der Waals surface area contributed by atoms with Crippen LogP contribution in [0.2, 0.25) is 0 Å². The standard InChI is InChI=1S/C9H15BrN2/c1-3-8(7-10)6-9-11-4-5-12(9)2/h4-5,8H,3,6-7H2,1-2H3. The van der Waals surface area contributed by atoms with Crippen LogP contribution in [-0.4, -0.2) is 14.9 Å². The largest absolute Gasteiger partial charge is 0.338 e. The predicted octanol–water partition coefficient (Wildman–Crippen LogP) is 2.38. The molecule has 12 heavy (non-hydrogen) atoms. The normalized spacial score (nSPS) is 13.2. The van der Waals surface area contributed by atoms with E-state index in [1.54, 1.807) is 0 Å². The molecule has 0 aliphatic carbocycles. The van der Waals surface area contributed by atoms with Crippen LogP contribution in [0.5, 0.6) is 0 Å². The lowest BCUT2D eigenvalue weighted by molar-refractivity contribution is 0.545. The van der Waals surface area contributed by atoms with Crippen LogP contribution in [0.3, 0.4) is 0 Å². The molecule has 1 atom stereocenters. The minimum atomic E-state index is 0.714. The average molecular weight is 231 g/mol. The molecule has 0 N–H and O–H groups in total. The maximum absolute atomic E-state index is 4.29. The molecule has 0 bridgehead atoms. The molecular formula is C9H15BrN2. The zero-order valence-electron chi connectivity index (χ0n) is 7.63. The Morgan fingerprint density at radius 3 is 2.83 bits per heavy atom. The number of nitrogens with zero attached hydrogens (tertiary/aromatic N) is 2. The van der Waals surface area contributed by atoms with E-state index in [1.807, 2.05) is 19.4 Å². The summed E-state index contributed by atoms with van der Waals surface area (Å²) in [5.74, 6) is 1.90. The Hall–Kier alpha value is -0.310. The van der Waals surface area contributed by atoms with E-state index >= 15 is 0 Å². The van der Waals surface area contributed by atoms with Crippen LogP contribution in [0.25, 0.3) is 0 Å². The lowest BCUT2D eigenvalue weighted by Crippen LogP contribution is -2.08. The zero-order chi connectivity index (χ0) is 8.97. The van der Waals surface area contributed by atoms with Gasteiger partial charge in [0.15, 0.2) is 0 Å². The number of alkyl halides is 1. The van der Waals surface area contributed by atoms with Gasteiger partial charge in [0, 0.05) is 31.2 Å². The van der Waals surface area contributed by atoms with Crippen molar-refractivity contribution in [3.63, 3.8) is 0 Å². The fourth-order valence-corrected chi connectivity index (χ4v) is 1.85. The summed E-state index contributed by atoms with van der Waals surface area (Å²) in [6, 6.07) is 0. The van der Waals surface area contributed by atoms with E-state index < -0.39 is 0 Å². The second-order valence-electron chi connectivity index (χ2n) is 3.09. The second kappa shape index (κ2) is 4.65. The quantitative estimate of drug-likeness (QED) is 0.727. The first-order valence-electron chi connectivity index (χ1n) is 4.30. The SMILES string of the molecule is CCC(CBr)Cc1nccn1C. The van der Waals surface area contributed by atoms with Gasteiger partial charge in [-0.15, -0.1) is 0 Å². The van der Waals surface area contributed by atoms with Gasteiger partial charge in [-0.2, -0.15) is 0 Å². The van der Waals surface area contributed by atoms with Crippen molar-refractivity contribution in [3.05, 3.63) is 18.2 Å². The summed E-state index contributed by atoms with van der Waals surface area (Å²) in [5, 5.41) is 1.07. The fraction of sp³-hybridized carbons (Fsp3) is 0.667. The van der Waals surface area contributed by atoms with Gasteiger partial charge < -0.3 is 4.57 Å². The topological polar surface area (TPSA) is 17.8 Å². The van der Waals surface area contributed by atoms with E-state index in [1.165, 1.54) is 12.2 Å². The second-order valence-corrected chi connectivity index (χ2v) is 3.73. The molecule has 2 nitrogen and oxygen atoms in total. The number of imidazole rings is 1. The number of rotatable bonds is 4. The van der Waals surface area contributed by atoms with E-state index in [0.717, 1.165) is 11.8 Å². The molecule has 0 radical (unpaired) electrons. The average Bonchev–Trinajstić information content (AvgIpc) is 2.47. The van der Waals surface area contributed by atoms with Crippen LogP contribution < -0.4 is 0 Å². The summed E-state index contributed by atoms with van der Waals surface area (Å²) in [6.45, 7) is 2.22. The van der Waals surface area contributed by atoms with Crippen molar-refractivity contribution >= 4 is 15.9 Å². The molecule has 1 aromatic rings. The number of aromatic nitrogens is 2. The number of aryl methyl sites for hydroxylation is 1. The highest BCUT2D eigenvalue weighted by Gasteiger charge is 2.08. The van der Waals surface area contributed by atoms with Gasteiger partial charge in [0.25, 0.3) is 0 Å². The van der Waals surface area contributed by atoms with Gasteiger partial charge >= 0.3 is 0 Å². The third-order valence-electron chi connectivity index (χ3n) is 2.19. The molecule has 0 spiro atoms. The third-order valence-corrected chi connectivity index (χ3v) is 3.10. The van der Waals surface area contributed by atoms with E-state index in [0.29, 0.717) is 5.92 Å². The first kappa shape index (κ1) is 9.78. The molecule has 0 amide bonds. The van der Waals surface area contributed by atoms with E-state index in [9.17, 15) is 0 Å². The van der Waals surface area contributed by atoms with Gasteiger partial charge in [-0.1, -0.05) is 29.3 Å². The maximum atomic E-state index is 4.29. The Kier molecular flexibility index (Phi) is 3.79. The van der Waals surface area contributed by atoms with Crippen LogP contribution in [0.15, 0.2) is 12.4 Å². The molecule has 1 rings (SSSR count). The van der Waals surface area contributed by atoms with Crippen molar-refractivity contribution in [1.29, 1.82) is 0 Å². The van der Waals surface area contributed by atoms with Crippen molar-refractivity contribution < 1.29 is 0 Å². The maximum Gasteiger partial charge on any atom is 0.108 e. The van der Waals surface area contributed by atoms with Crippen LogP contribution in [-0.2, 0) is 13.5 Å². The lowest BCUT2D eigenvalue weighted by Gasteiger charge is -2.10. The van der Waals surface area contributed by atoms with Crippen molar-refractivity contribution in [2.75, 3.05) is 5.33 Å². The molecule has 0 fully saturated rings. The van der Waals surface area contributed by atoms with Crippen LogP contribution in [0.1, 0.15) is 19.2 Å². The minimum Gasteiger partial charge on any atom is -0.338 e. The Morgan fingerprint density at radius 2 is 2.42 bits per heavy atom. The summed E-state index contributed by atoms with van der Waals surface area (Å²) in [7, 11) is 2.04. The molecule has 68 valence electrons. The zero-order valence-corrected chi connectivity index (χ0v) is 9.21. The summed E-state index contributed by atoms with van der Waals surface area (Å²) in [4.78, 5) is 4.29. The van der Waals surface area contributed by atoms with Crippen LogP contribution in [0, 0.1) is 5.92 Å². The third kappa shape index (κ3) is 2.34. The van der Waals surface area contributed by atoms with E-state index in [2.05, 4.69) is 32.4 Å². The molecule has 0 aliphatic rings. The predicted molar refractivity (Wildman–Crippen MR) is 54.5 cm³/mol. The fourth-order valence-electron chi connectivity index (χ4n) is 1.16. The van der Waals surface area contributed by atoms with Gasteiger partial charge in [-0.3, -0.25) is 0 Å². The molecule has 0 saturated carbocycles. The number of halogens is 1. The summed E-state index contributed by atoms with van der Waals surface area (Å²) in [6.07, 6.45) is 6.13. The summed E-state index contributed by atoms with van der Waals surface area (Å²) < 4.78 is 2.09. The van der Waals surface area contributed by atoms with Crippen molar-refractivity contribution in [2.24, 2.45) is 13.0 Å². The van der Waals surface area contributed by atoms with Gasteiger partial charge in [0.2, 0.25) is 0 Å². The van der Waals surface area contributed by atoms with Gasteiger partial charge in [-0.05, 0) is 5.92 Å². The van der Waals surface area contributed by atoms with Crippen LogP contribution >= 0.6 is 15.9 Å². The van der Waals surface area contributed by atoms with Crippen molar-refractivity contribution in [1.82, 2.24) is 9.55 Å². The van der Waals surface area contributed by atoms with Crippen molar-refractivity contribution in [2.45, 2.75) is 19.8 Å². The van der Waals surface area contributed by atoms with Crippen LogP contribution in [0.4, 0.5) is 0 Å². The Bertz CT molecular complexity index is 228. The molecule has 1 aromatic heterocycles. The Labute approximate surface area is 82.1 Å². The monoisotopic (exact) mass is 230 g/mol. The number of hydrogen-bond donors (Lipinski definition) is 0. The molecule has 1 heterocycles. The molecular weight excluding hydrogens is 216 g/mol. The summed E-state index contributed by atoms with van der Waals surface area (Å²) in [5.41, 5.74) is 0. The minimum absolute atomic E-state index is 0.714. The van der Waals surface area contributed by atoms with Gasteiger partial charge in [0.05, 0.1) is 0 Å². The van der Waals surface area contributed by atoms with Crippen molar-refractivity contribution in [3.8, 4) is 0 Å². The van der Waals surface area contributed by atoms with E-state index in [-0.39, 0.29) is 0 Å². The summed E-state index contributed by atoms with van der Waals surface area (Å²) >= 11 is 3.51. The van der Waals surface area contributed by atoms with Gasteiger partial charge in [0.1, 0.15) is 5.82 Å². The number of hydrogen-bond acceptors (Lipinski definition) is 1. The van der Waals surface area contributed by atoms with E-state index in [4.69, 9.17) is 0 Å². The van der Waals surface area contributed by atoms with Gasteiger partial charge in [-0.25, -0.2) is 4.98 Å². The highest BCUT2D eigenvalue weighted by Crippen LogP contribution is 2.12. The Morgan fingerprint density at radius 1 is 1.67 bits per heavy atom. The highest BCUT2D eigenvalue weighted by atomic mass is 79.9. The first-order valence-corrected chi connectivity index (χ1v) is 5.42.